The topological polar surface area (TPSA) is 131 Å². The molecule has 3 N–H and O–H groups in total. The number of hydrogen-bond donors (Lipinski definition) is 2. The molecule has 0 fully saturated rings. The lowest BCUT2D eigenvalue weighted by Crippen LogP contribution is -2.53. The summed E-state index contributed by atoms with van der Waals surface area (Å²) in [6.45, 7) is 5.01. The smallest absolute Gasteiger partial charge is 0.264 e. The monoisotopic (exact) mass is 544 g/mol. The normalized spacial score (nSPS) is 20.0. The van der Waals surface area contributed by atoms with Crippen molar-refractivity contribution in [2.75, 3.05) is 0 Å². The second-order valence-electron chi connectivity index (χ2n) is 9.95. The standard InChI is InChI=1S/C32H28N6O3/c1-20(37-30(40)28-29(33)35-19-24-13-9-17-36-32(24,28)3)26-18-23-11-7-10-22(12-8-16-34-21(2)39)27(23)31(41)38(26)25-14-5-4-6-15-25/h4-7,9-11,13-20,28H,1-3H3,(H2,33,35)(H,37,40)/t20-,28?,32?/m0/s1. The first kappa shape index (κ1) is 27.2. The average molecular weight is 545 g/mol. The lowest BCUT2D eigenvalue weighted by Gasteiger charge is -2.37. The number of nitrogens with one attached hydrogen (secondary N) is 1. The highest BCUT2D eigenvalue weighted by Gasteiger charge is 2.46. The Kier molecular flexibility index (Phi) is 7.32. The summed E-state index contributed by atoms with van der Waals surface area (Å²) in [6.07, 6.45) is 8.18. The van der Waals surface area contributed by atoms with Gasteiger partial charge >= 0.3 is 0 Å². The lowest BCUT2D eigenvalue weighted by atomic mass is 9.76. The van der Waals surface area contributed by atoms with Crippen LogP contribution in [-0.2, 0) is 9.59 Å². The van der Waals surface area contributed by atoms with E-state index in [2.05, 4.69) is 32.1 Å². The van der Waals surface area contributed by atoms with Crippen molar-refractivity contribution in [2.45, 2.75) is 32.4 Å². The van der Waals surface area contributed by atoms with E-state index in [-0.39, 0.29) is 23.2 Å². The second kappa shape index (κ2) is 11.0. The Hall–Kier alpha value is -5.36. The molecule has 41 heavy (non-hydrogen) atoms. The largest absolute Gasteiger partial charge is 0.386 e. The van der Waals surface area contributed by atoms with Crippen LogP contribution in [0.5, 0.6) is 0 Å². The van der Waals surface area contributed by atoms with Crippen molar-refractivity contribution >= 4 is 40.9 Å². The third kappa shape index (κ3) is 5.15. The Bertz CT molecular complexity index is 1840. The third-order valence-electron chi connectivity index (χ3n) is 7.17. The molecule has 3 aromatic rings. The maximum Gasteiger partial charge on any atom is 0.264 e. The van der Waals surface area contributed by atoms with Gasteiger partial charge in [-0.2, -0.15) is 0 Å². The van der Waals surface area contributed by atoms with Gasteiger partial charge in [0.05, 0.1) is 17.6 Å². The number of nitrogens with zero attached hydrogens (tertiary/aromatic N) is 4. The fraction of sp³-hybridized carbons (Fsp3) is 0.188. The van der Waals surface area contributed by atoms with E-state index in [9.17, 15) is 14.4 Å². The molecule has 0 spiro atoms. The molecule has 2 unspecified atom stereocenters. The van der Waals surface area contributed by atoms with Crippen molar-refractivity contribution < 1.29 is 9.59 Å². The summed E-state index contributed by atoms with van der Waals surface area (Å²) in [5.74, 6) is 4.29. The summed E-state index contributed by atoms with van der Waals surface area (Å²) in [5.41, 5.74) is 7.54. The number of amides is 2. The molecule has 0 saturated heterocycles. The first-order chi connectivity index (χ1) is 19.7. The molecule has 2 aliphatic rings. The van der Waals surface area contributed by atoms with Crippen molar-refractivity contribution in [1.29, 1.82) is 0 Å². The minimum atomic E-state index is -0.897. The number of carbonyl (C=O) groups is 2. The van der Waals surface area contributed by atoms with Gasteiger partial charge in [-0.25, -0.2) is 9.98 Å². The third-order valence-corrected chi connectivity index (χ3v) is 7.17. The number of allylic oxidation sites excluding steroid dienone is 1. The number of dihydropyridines is 1. The molecule has 0 bridgehead atoms. The molecule has 0 radical (unpaired) electrons. The minimum absolute atomic E-state index is 0.170. The number of amidine groups is 1. The zero-order valence-electron chi connectivity index (χ0n) is 22.8. The van der Waals surface area contributed by atoms with Gasteiger partial charge in [-0.15, -0.1) is 0 Å². The molecule has 2 aromatic carbocycles. The minimum Gasteiger partial charge on any atom is -0.386 e. The zero-order chi connectivity index (χ0) is 29.1. The number of aromatic nitrogens is 1. The van der Waals surface area contributed by atoms with Gasteiger partial charge in [0.15, 0.2) is 0 Å². The number of rotatable bonds is 4. The molecule has 9 heteroatoms. The van der Waals surface area contributed by atoms with Gasteiger partial charge in [0, 0.05) is 36.3 Å². The quantitative estimate of drug-likeness (QED) is 0.385. The van der Waals surface area contributed by atoms with Crippen LogP contribution in [0.4, 0.5) is 0 Å². The summed E-state index contributed by atoms with van der Waals surface area (Å²) in [6, 6.07) is 15.8. The van der Waals surface area contributed by atoms with E-state index in [0.29, 0.717) is 27.7 Å². The van der Waals surface area contributed by atoms with Gasteiger partial charge in [0.25, 0.3) is 5.56 Å². The molecule has 3 heterocycles. The van der Waals surface area contributed by atoms with Crippen molar-refractivity contribution in [3.05, 3.63) is 100 Å². The fourth-order valence-corrected chi connectivity index (χ4v) is 5.15. The Morgan fingerprint density at radius 1 is 1.20 bits per heavy atom. The van der Waals surface area contributed by atoms with Gasteiger partial charge in [-0.3, -0.25) is 23.9 Å². The molecular formula is C32H28N6O3. The Labute approximate surface area is 236 Å². The van der Waals surface area contributed by atoms with Crippen LogP contribution in [0.3, 0.4) is 0 Å². The van der Waals surface area contributed by atoms with Crippen molar-refractivity contribution in [3.8, 4) is 17.5 Å². The maximum absolute atomic E-state index is 14.1. The number of aliphatic imine (C=N–C) groups is 3. The van der Waals surface area contributed by atoms with Gasteiger partial charge in [0.2, 0.25) is 11.8 Å². The number of nitrogens with two attached hydrogens (primary N) is 1. The van der Waals surface area contributed by atoms with Crippen molar-refractivity contribution in [2.24, 2.45) is 26.6 Å². The van der Waals surface area contributed by atoms with E-state index in [4.69, 9.17) is 5.73 Å². The molecule has 3 atom stereocenters. The van der Waals surface area contributed by atoms with E-state index in [0.717, 1.165) is 5.57 Å². The highest BCUT2D eigenvalue weighted by Crippen LogP contribution is 2.36. The van der Waals surface area contributed by atoms with E-state index >= 15 is 0 Å². The summed E-state index contributed by atoms with van der Waals surface area (Å²) in [4.78, 5) is 51.5. The number of carbonyl (C=O) groups excluding carboxylic acids is 2. The molecule has 2 aliphatic heterocycles. The number of benzene rings is 2. The molecule has 0 saturated carbocycles. The van der Waals surface area contributed by atoms with Crippen LogP contribution < -0.4 is 16.6 Å². The highest BCUT2D eigenvalue weighted by molar-refractivity contribution is 6.06. The SMILES string of the molecule is CC(=O)N=CC#Cc1cccc2cc([C@H](C)NC(=O)C3C(N)=NC=C4C=CC=NC43C)n(-c3ccccc3)c(=O)c12. The second-order valence-corrected chi connectivity index (χ2v) is 9.95. The summed E-state index contributed by atoms with van der Waals surface area (Å²) >= 11 is 0. The Balaban J connectivity index is 1.59. The predicted octanol–water partition coefficient (Wildman–Crippen LogP) is 3.41. The fourth-order valence-electron chi connectivity index (χ4n) is 5.15. The van der Waals surface area contributed by atoms with E-state index in [1.165, 1.54) is 13.1 Å². The molecule has 0 aliphatic carbocycles. The van der Waals surface area contributed by atoms with Crippen LogP contribution in [0, 0.1) is 17.8 Å². The first-order valence-corrected chi connectivity index (χ1v) is 13.1. The average Bonchev–Trinajstić information content (AvgIpc) is 2.95. The van der Waals surface area contributed by atoms with Crippen LogP contribution in [0.1, 0.15) is 38.1 Å². The van der Waals surface area contributed by atoms with Gasteiger partial charge in [-0.05, 0) is 61.1 Å². The zero-order valence-corrected chi connectivity index (χ0v) is 22.8. The molecule has 5 rings (SSSR count). The van der Waals surface area contributed by atoms with Crippen LogP contribution in [0.2, 0.25) is 0 Å². The van der Waals surface area contributed by atoms with Crippen LogP contribution in [0.15, 0.2) is 98.3 Å². The number of para-hydroxylation sites is 1. The van der Waals surface area contributed by atoms with Crippen molar-refractivity contribution in [3.63, 3.8) is 0 Å². The van der Waals surface area contributed by atoms with E-state index in [1.54, 1.807) is 35.2 Å². The molecule has 2 amide bonds. The van der Waals surface area contributed by atoms with Crippen LogP contribution >= 0.6 is 0 Å². The summed E-state index contributed by atoms with van der Waals surface area (Å²) in [7, 11) is 0. The number of hydrogen-bond acceptors (Lipinski definition) is 6. The van der Waals surface area contributed by atoms with Gasteiger partial charge in [-0.1, -0.05) is 42.3 Å². The van der Waals surface area contributed by atoms with E-state index < -0.39 is 17.5 Å². The number of pyridine rings is 1. The Morgan fingerprint density at radius 2 is 1.98 bits per heavy atom. The summed E-state index contributed by atoms with van der Waals surface area (Å²) < 4.78 is 1.58. The first-order valence-electron chi connectivity index (χ1n) is 13.1. The molecular weight excluding hydrogens is 516 g/mol. The van der Waals surface area contributed by atoms with Gasteiger partial charge < -0.3 is 11.1 Å². The number of fused-ring (bicyclic) bond motifs is 2. The predicted molar refractivity (Wildman–Crippen MR) is 161 cm³/mol. The molecule has 1 aromatic heterocycles. The van der Waals surface area contributed by atoms with Gasteiger partial charge in [0.1, 0.15) is 17.3 Å². The van der Waals surface area contributed by atoms with Crippen LogP contribution in [-0.4, -0.2) is 40.2 Å². The van der Waals surface area contributed by atoms with E-state index in [1.807, 2.05) is 62.4 Å². The van der Waals surface area contributed by atoms with Crippen LogP contribution in [0.25, 0.3) is 16.5 Å². The Morgan fingerprint density at radius 3 is 2.73 bits per heavy atom. The highest BCUT2D eigenvalue weighted by atomic mass is 16.2. The molecule has 204 valence electrons. The lowest BCUT2D eigenvalue weighted by molar-refractivity contribution is -0.125. The van der Waals surface area contributed by atoms with Crippen molar-refractivity contribution in [1.82, 2.24) is 9.88 Å². The summed E-state index contributed by atoms with van der Waals surface area (Å²) in [5, 5.41) is 4.13. The maximum atomic E-state index is 14.1. The molecule has 9 nitrogen and oxygen atoms in total.